The number of Topliss-reactive ketones (excluding diaryl/α,β-unsaturated/α-hetero) is 1. The second kappa shape index (κ2) is 8.64. The SMILES string of the molecule is COCCCc1cccc(Nc2ccc3c(c2)[C@]2(C)CCN(CC4CC4)C(C3=O)[C@@H]2C)c1. The first-order valence-corrected chi connectivity index (χ1v) is 12.3. The lowest BCUT2D eigenvalue weighted by molar-refractivity contribution is 0.0266. The van der Waals surface area contributed by atoms with Crippen LogP contribution in [0, 0.1) is 11.8 Å². The maximum atomic E-state index is 13.6. The van der Waals surface area contributed by atoms with Gasteiger partial charge in [0.15, 0.2) is 5.78 Å². The van der Waals surface area contributed by atoms with Crippen molar-refractivity contribution in [2.75, 3.05) is 32.1 Å². The van der Waals surface area contributed by atoms with Crippen LogP contribution in [0.25, 0.3) is 0 Å². The van der Waals surface area contributed by atoms with Gasteiger partial charge in [-0.05, 0) is 97.4 Å². The molecular weight excluding hydrogens is 396 g/mol. The molecule has 4 heteroatoms. The largest absolute Gasteiger partial charge is 0.385 e. The van der Waals surface area contributed by atoms with Crippen LogP contribution in [0.2, 0.25) is 0 Å². The summed E-state index contributed by atoms with van der Waals surface area (Å²) in [5, 5.41) is 3.60. The van der Waals surface area contributed by atoms with E-state index < -0.39 is 0 Å². The maximum Gasteiger partial charge on any atom is 0.180 e. The Morgan fingerprint density at radius 2 is 1.97 bits per heavy atom. The van der Waals surface area contributed by atoms with E-state index in [1.165, 1.54) is 24.0 Å². The van der Waals surface area contributed by atoms with E-state index in [4.69, 9.17) is 4.74 Å². The Labute approximate surface area is 192 Å². The molecule has 2 aliphatic carbocycles. The molecule has 170 valence electrons. The van der Waals surface area contributed by atoms with Gasteiger partial charge in [-0.3, -0.25) is 9.69 Å². The normalized spacial score (nSPS) is 27.3. The highest BCUT2D eigenvalue weighted by atomic mass is 16.5. The Morgan fingerprint density at radius 3 is 2.75 bits per heavy atom. The molecule has 5 rings (SSSR count). The highest BCUT2D eigenvalue weighted by Gasteiger charge is 2.52. The number of methoxy groups -OCH3 is 1. The number of hydrogen-bond donors (Lipinski definition) is 1. The number of piperidine rings is 1. The monoisotopic (exact) mass is 432 g/mol. The Balaban J connectivity index is 1.39. The summed E-state index contributed by atoms with van der Waals surface area (Å²) in [5.41, 5.74) is 5.70. The van der Waals surface area contributed by atoms with Gasteiger partial charge in [-0.25, -0.2) is 0 Å². The molecular formula is C28H36N2O2. The predicted octanol–water partition coefficient (Wildman–Crippen LogP) is 5.58. The van der Waals surface area contributed by atoms with Gasteiger partial charge in [-0.2, -0.15) is 0 Å². The Kier molecular flexibility index (Phi) is 5.85. The molecule has 1 N–H and O–H groups in total. The first-order chi connectivity index (χ1) is 15.5. The molecule has 0 radical (unpaired) electrons. The van der Waals surface area contributed by atoms with Crippen LogP contribution in [0.3, 0.4) is 0 Å². The van der Waals surface area contributed by atoms with Crippen LogP contribution in [0.1, 0.15) is 61.0 Å². The number of rotatable bonds is 8. The number of aryl methyl sites for hydroxylation is 1. The van der Waals surface area contributed by atoms with Gasteiger partial charge in [-0.15, -0.1) is 0 Å². The number of likely N-dealkylation sites (tertiary alicyclic amines) is 1. The standard InChI is InChI=1S/C28H36N2O2/c1-19-26-27(31)24-12-11-23(29-22-8-4-6-20(16-22)7-5-15-32-3)17-25(24)28(19,2)13-14-30(26)18-21-9-10-21/h4,6,8,11-12,16-17,19,21,26,29H,5,7,9-10,13-15,18H2,1-3H3/t19-,26?,28+/m0/s1. The smallest absolute Gasteiger partial charge is 0.180 e. The Hall–Kier alpha value is -2.17. The molecule has 1 aliphatic heterocycles. The molecule has 32 heavy (non-hydrogen) atoms. The third kappa shape index (κ3) is 3.99. The van der Waals surface area contributed by atoms with Crippen molar-refractivity contribution in [2.24, 2.45) is 11.8 Å². The van der Waals surface area contributed by atoms with Gasteiger partial charge >= 0.3 is 0 Å². The van der Waals surface area contributed by atoms with Gasteiger partial charge in [0.1, 0.15) is 0 Å². The van der Waals surface area contributed by atoms with Crippen molar-refractivity contribution in [3.8, 4) is 0 Å². The van der Waals surface area contributed by atoms with Gasteiger partial charge in [0.25, 0.3) is 0 Å². The van der Waals surface area contributed by atoms with E-state index in [-0.39, 0.29) is 11.5 Å². The summed E-state index contributed by atoms with van der Waals surface area (Å²) in [6, 6.07) is 15.0. The van der Waals surface area contributed by atoms with Crippen molar-refractivity contribution in [1.29, 1.82) is 0 Å². The highest BCUT2D eigenvalue weighted by molar-refractivity contribution is 6.04. The summed E-state index contributed by atoms with van der Waals surface area (Å²) in [6.45, 7) is 7.60. The first-order valence-electron chi connectivity index (χ1n) is 12.3. The van der Waals surface area contributed by atoms with Crippen molar-refractivity contribution < 1.29 is 9.53 Å². The van der Waals surface area contributed by atoms with Crippen LogP contribution < -0.4 is 5.32 Å². The van der Waals surface area contributed by atoms with Gasteiger partial charge in [0.2, 0.25) is 0 Å². The van der Waals surface area contributed by atoms with Crippen molar-refractivity contribution in [2.45, 2.75) is 57.4 Å². The second-order valence-electron chi connectivity index (χ2n) is 10.4. The number of carbonyl (C=O) groups excluding carboxylic acids is 1. The molecule has 1 saturated heterocycles. The Morgan fingerprint density at radius 1 is 1.16 bits per heavy atom. The molecule has 3 atom stereocenters. The number of ether oxygens (including phenoxy) is 1. The zero-order valence-electron chi connectivity index (χ0n) is 19.7. The average molecular weight is 433 g/mol. The minimum absolute atomic E-state index is 0.0458. The number of nitrogens with one attached hydrogen (secondary N) is 1. The van der Waals surface area contributed by atoms with E-state index in [9.17, 15) is 4.79 Å². The molecule has 3 aliphatic rings. The van der Waals surface area contributed by atoms with Crippen LogP contribution >= 0.6 is 0 Å². The number of ketones is 1. The molecule has 1 saturated carbocycles. The number of nitrogens with zero attached hydrogens (tertiary/aromatic N) is 1. The molecule has 1 unspecified atom stereocenters. The third-order valence-corrected chi connectivity index (χ3v) is 8.18. The molecule has 1 heterocycles. The van der Waals surface area contributed by atoms with Crippen LogP contribution in [0.15, 0.2) is 42.5 Å². The van der Waals surface area contributed by atoms with E-state index in [0.29, 0.717) is 11.7 Å². The summed E-state index contributed by atoms with van der Waals surface area (Å²) >= 11 is 0. The molecule has 2 bridgehead atoms. The van der Waals surface area contributed by atoms with Gasteiger partial charge in [0, 0.05) is 37.2 Å². The molecule has 2 aromatic rings. The molecule has 2 aromatic carbocycles. The number of hydrogen-bond acceptors (Lipinski definition) is 4. The average Bonchev–Trinajstić information content (AvgIpc) is 3.60. The number of fused-ring (bicyclic) bond motifs is 4. The fourth-order valence-electron chi connectivity index (χ4n) is 5.88. The van der Waals surface area contributed by atoms with Gasteiger partial charge < -0.3 is 10.1 Å². The van der Waals surface area contributed by atoms with Crippen LogP contribution in [-0.2, 0) is 16.6 Å². The lowest BCUT2D eigenvalue weighted by Crippen LogP contribution is -2.61. The Bertz CT molecular complexity index is 999. The third-order valence-electron chi connectivity index (χ3n) is 8.18. The summed E-state index contributed by atoms with van der Waals surface area (Å²) in [4.78, 5) is 16.1. The van der Waals surface area contributed by atoms with E-state index in [1.54, 1.807) is 7.11 Å². The molecule has 2 fully saturated rings. The zero-order valence-corrected chi connectivity index (χ0v) is 19.7. The fourth-order valence-corrected chi connectivity index (χ4v) is 5.88. The predicted molar refractivity (Wildman–Crippen MR) is 130 cm³/mol. The summed E-state index contributed by atoms with van der Waals surface area (Å²) in [7, 11) is 1.75. The van der Waals surface area contributed by atoms with Crippen molar-refractivity contribution in [1.82, 2.24) is 4.90 Å². The van der Waals surface area contributed by atoms with Crippen molar-refractivity contribution in [3.05, 3.63) is 59.2 Å². The van der Waals surface area contributed by atoms with Crippen molar-refractivity contribution >= 4 is 17.2 Å². The van der Waals surface area contributed by atoms with E-state index in [1.807, 2.05) is 0 Å². The minimum atomic E-state index is 0.0458. The van der Waals surface area contributed by atoms with E-state index >= 15 is 0 Å². The first kappa shape index (κ1) is 21.7. The molecule has 0 aromatic heterocycles. The van der Waals surface area contributed by atoms with Gasteiger partial charge in [0.05, 0.1) is 6.04 Å². The van der Waals surface area contributed by atoms with Crippen LogP contribution in [0.5, 0.6) is 0 Å². The lowest BCUT2D eigenvalue weighted by Gasteiger charge is -2.53. The fraction of sp³-hybridized carbons (Fsp3) is 0.536. The topological polar surface area (TPSA) is 41.6 Å². The van der Waals surface area contributed by atoms with Crippen LogP contribution in [-0.4, -0.2) is 43.5 Å². The number of anilines is 2. The zero-order chi connectivity index (χ0) is 22.3. The maximum absolute atomic E-state index is 13.6. The minimum Gasteiger partial charge on any atom is -0.385 e. The number of carbonyl (C=O) groups is 1. The van der Waals surface area contributed by atoms with Crippen LogP contribution in [0.4, 0.5) is 11.4 Å². The highest BCUT2D eigenvalue weighted by Crippen LogP contribution is 2.50. The molecule has 0 amide bonds. The van der Waals surface area contributed by atoms with E-state index in [2.05, 4.69) is 66.5 Å². The van der Waals surface area contributed by atoms with Gasteiger partial charge in [-0.1, -0.05) is 26.0 Å². The lowest BCUT2D eigenvalue weighted by atomic mass is 9.58. The van der Waals surface area contributed by atoms with E-state index in [0.717, 1.165) is 61.8 Å². The molecule has 0 spiro atoms. The quantitative estimate of drug-likeness (QED) is 0.553. The summed E-state index contributed by atoms with van der Waals surface area (Å²) < 4.78 is 5.18. The summed E-state index contributed by atoms with van der Waals surface area (Å²) in [6.07, 6.45) is 5.83. The number of benzene rings is 2. The molecule has 4 nitrogen and oxygen atoms in total. The second-order valence-corrected chi connectivity index (χ2v) is 10.4. The summed E-state index contributed by atoms with van der Waals surface area (Å²) in [5.74, 6) is 1.49. The van der Waals surface area contributed by atoms with Crippen molar-refractivity contribution in [3.63, 3.8) is 0 Å².